The summed E-state index contributed by atoms with van der Waals surface area (Å²) in [6.07, 6.45) is 5.28. The number of nitrogens with one attached hydrogen (secondary N) is 1. The van der Waals surface area contributed by atoms with E-state index in [1.165, 1.54) is 0 Å². The first kappa shape index (κ1) is 16.4. The van der Waals surface area contributed by atoms with Gasteiger partial charge in [0.1, 0.15) is 5.02 Å². The number of fused-ring (bicyclic) bond motifs is 3. The Hall–Kier alpha value is -2.04. The molecule has 128 valence electrons. The molecule has 0 bridgehead atoms. The van der Waals surface area contributed by atoms with Gasteiger partial charge >= 0.3 is 0 Å². The molecule has 0 radical (unpaired) electrons. The SMILES string of the molecule is Cc1ccc(Cl)c2c1NC(c1ccc(Cl)c([N+](=O)[O-])c1)C1CC=CC21. The molecule has 1 aliphatic heterocycles. The van der Waals surface area contributed by atoms with Gasteiger partial charge in [-0.25, -0.2) is 0 Å². The first-order valence-electron chi connectivity index (χ1n) is 8.13. The van der Waals surface area contributed by atoms with Gasteiger partial charge in [-0.1, -0.05) is 47.5 Å². The maximum atomic E-state index is 11.3. The van der Waals surface area contributed by atoms with E-state index in [0.29, 0.717) is 0 Å². The van der Waals surface area contributed by atoms with Crippen LogP contribution >= 0.6 is 23.2 Å². The lowest BCUT2D eigenvalue weighted by Gasteiger charge is -2.38. The van der Waals surface area contributed by atoms with Crippen LogP contribution < -0.4 is 5.32 Å². The van der Waals surface area contributed by atoms with Gasteiger partial charge in [-0.3, -0.25) is 10.1 Å². The molecule has 0 fully saturated rings. The number of aryl methyl sites for hydroxylation is 1. The number of nitrogens with zero attached hydrogens (tertiary/aromatic N) is 1. The summed E-state index contributed by atoms with van der Waals surface area (Å²) in [6, 6.07) is 8.96. The van der Waals surface area contributed by atoms with Gasteiger partial charge in [0.25, 0.3) is 5.69 Å². The molecule has 25 heavy (non-hydrogen) atoms. The summed E-state index contributed by atoms with van der Waals surface area (Å²) in [7, 11) is 0. The fraction of sp³-hybridized carbons (Fsp3) is 0.263. The third-order valence-corrected chi connectivity index (χ3v) is 5.85. The van der Waals surface area contributed by atoms with Gasteiger partial charge in [-0.2, -0.15) is 0 Å². The standard InChI is InChI=1S/C19H16Cl2N2O2/c1-10-5-7-15(21)17-12-3-2-4-13(12)19(22-18(10)17)11-6-8-14(20)16(9-11)23(24)25/h2-3,5-9,12-13,19,22H,4H2,1H3. The average Bonchev–Trinajstić information content (AvgIpc) is 3.07. The van der Waals surface area contributed by atoms with Crippen LogP contribution in [0.3, 0.4) is 0 Å². The van der Waals surface area contributed by atoms with Crippen molar-refractivity contribution in [1.29, 1.82) is 0 Å². The third kappa shape index (κ3) is 2.60. The van der Waals surface area contributed by atoms with Gasteiger partial charge in [0.05, 0.1) is 11.0 Å². The zero-order chi connectivity index (χ0) is 17.7. The van der Waals surface area contributed by atoms with E-state index in [2.05, 4.69) is 17.5 Å². The van der Waals surface area contributed by atoms with Crippen molar-refractivity contribution in [3.63, 3.8) is 0 Å². The number of nitro benzene ring substituents is 1. The van der Waals surface area contributed by atoms with Crippen molar-refractivity contribution in [2.45, 2.75) is 25.3 Å². The van der Waals surface area contributed by atoms with Gasteiger partial charge in [0, 0.05) is 28.3 Å². The van der Waals surface area contributed by atoms with Crippen molar-refractivity contribution >= 4 is 34.6 Å². The molecule has 0 saturated carbocycles. The van der Waals surface area contributed by atoms with E-state index in [9.17, 15) is 10.1 Å². The number of hydrogen-bond donors (Lipinski definition) is 1. The number of hydrogen-bond acceptors (Lipinski definition) is 3. The molecule has 1 aliphatic carbocycles. The minimum atomic E-state index is -0.435. The lowest BCUT2D eigenvalue weighted by atomic mass is 9.76. The van der Waals surface area contributed by atoms with E-state index >= 15 is 0 Å². The molecule has 2 aromatic rings. The average molecular weight is 375 g/mol. The Morgan fingerprint density at radius 3 is 2.72 bits per heavy atom. The monoisotopic (exact) mass is 374 g/mol. The summed E-state index contributed by atoms with van der Waals surface area (Å²) in [6.45, 7) is 2.04. The van der Waals surface area contributed by atoms with Crippen LogP contribution in [0.1, 0.15) is 35.1 Å². The Balaban J connectivity index is 1.84. The predicted octanol–water partition coefficient (Wildman–Crippen LogP) is 6.04. The van der Waals surface area contributed by atoms with Gasteiger partial charge in [0.15, 0.2) is 0 Å². The number of rotatable bonds is 2. The minimum absolute atomic E-state index is 0.0272. The summed E-state index contributed by atoms with van der Waals surface area (Å²) in [4.78, 5) is 10.8. The first-order chi connectivity index (χ1) is 12.0. The van der Waals surface area contributed by atoms with E-state index < -0.39 is 4.92 Å². The first-order valence-corrected chi connectivity index (χ1v) is 8.89. The second-order valence-electron chi connectivity index (χ2n) is 6.60. The van der Waals surface area contributed by atoms with E-state index in [0.717, 1.165) is 33.8 Å². The van der Waals surface area contributed by atoms with Crippen LogP contribution in [0.5, 0.6) is 0 Å². The Morgan fingerprint density at radius 1 is 1.20 bits per heavy atom. The fourth-order valence-corrected chi connectivity index (χ4v) is 4.47. The van der Waals surface area contributed by atoms with Gasteiger partial charge < -0.3 is 5.32 Å². The molecule has 0 amide bonds. The van der Waals surface area contributed by atoms with E-state index in [1.54, 1.807) is 12.1 Å². The smallest absolute Gasteiger partial charge is 0.288 e. The van der Waals surface area contributed by atoms with Crippen LogP contribution in [0, 0.1) is 23.0 Å². The molecule has 4 nitrogen and oxygen atoms in total. The van der Waals surface area contributed by atoms with E-state index in [-0.39, 0.29) is 28.6 Å². The molecule has 1 N–H and O–H groups in total. The van der Waals surface area contributed by atoms with Crippen LogP contribution in [0.25, 0.3) is 0 Å². The molecule has 3 unspecified atom stereocenters. The highest BCUT2D eigenvalue weighted by molar-refractivity contribution is 6.32. The highest BCUT2D eigenvalue weighted by atomic mass is 35.5. The number of halogens is 2. The van der Waals surface area contributed by atoms with Gasteiger partial charge in [0.2, 0.25) is 0 Å². The molecule has 2 aromatic carbocycles. The Labute approximate surface area is 155 Å². The number of nitro groups is 1. The second kappa shape index (κ2) is 6.04. The summed E-state index contributed by atoms with van der Waals surface area (Å²) in [5.41, 5.74) is 4.09. The molecule has 6 heteroatoms. The van der Waals surface area contributed by atoms with Crippen molar-refractivity contribution in [2.24, 2.45) is 5.92 Å². The van der Waals surface area contributed by atoms with Gasteiger partial charge in [-0.05, 0) is 42.5 Å². The number of allylic oxidation sites excluding steroid dienone is 2. The van der Waals surface area contributed by atoms with Crippen molar-refractivity contribution in [3.8, 4) is 0 Å². The van der Waals surface area contributed by atoms with E-state index in [4.69, 9.17) is 23.2 Å². The largest absolute Gasteiger partial charge is 0.377 e. The summed E-state index contributed by atoms with van der Waals surface area (Å²) >= 11 is 12.5. The molecular formula is C19H16Cl2N2O2. The van der Waals surface area contributed by atoms with Crippen molar-refractivity contribution in [1.82, 2.24) is 0 Å². The molecule has 3 atom stereocenters. The normalized spacial score (nSPS) is 23.7. The van der Waals surface area contributed by atoms with Crippen LogP contribution in [0.15, 0.2) is 42.5 Å². The topological polar surface area (TPSA) is 55.2 Å². The summed E-state index contributed by atoms with van der Waals surface area (Å²) in [5, 5.41) is 15.8. The third-order valence-electron chi connectivity index (χ3n) is 5.20. The van der Waals surface area contributed by atoms with Crippen LogP contribution in [0.4, 0.5) is 11.4 Å². The molecule has 4 rings (SSSR count). The lowest BCUT2D eigenvalue weighted by molar-refractivity contribution is -0.384. The molecule has 1 heterocycles. The number of anilines is 1. The predicted molar refractivity (Wildman–Crippen MR) is 101 cm³/mol. The minimum Gasteiger partial charge on any atom is -0.377 e. The molecule has 0 saturated heterocycles. The summed E-state index contributed by atoms with van der Waals surface area (Å²) in [5.74, 6) is 0.482. The molecule has 0 aromatic heterocycles. The van der Waals surface area contributed by atoms with Crippen LogP contribution in [-0.2, 0) is 0 Å². The molecular weight excluding hydrogens is 359 g/mol. The Morgan fingerprint density at radius 2 is 1.96 bits per heavy atom. The molecule has 2 aliphatic rings. The van der Waals surface area contributed by atoms with Crippen molar-refractivity contribution in [2.75, 3.05) is 5.32 Å². The highest BCUT2D eigenvalue weighted by Gasteiger charge is 2.40. The highest BCUT2D eigenvalue weighted by Crippen LogP contribution is 2.53. The molecule has 0 spiro atoms. The zero-order valence-electron chi connectivity index (χ0n) is 13.5. The van der Waals surface area contributed by atoms with Crippen molar-refractivity contribution in [3.05, 3.63) is 79.3 Å². The zero-order valence-corrected chi connectivity index (χ0v) is 15.0. The maximum absolute atomic E-state index is 11.3. The summed E-state index contributed by atoms with van der Waals surface area (Å²) < 4.78 is 0. The van der Waals surface area contributed by atoms with Gasteiger partial charge in [-0.15, -0.1) is 0 Å². The van der Waals surface area contributed by atoms with E-state index in [1.807, 2.05) is 25.1 Å². The quantitative estimate of drug-likeness (QED) is 0.396. The number of benzene rings is 2. The van der Waals surface area contributed by atoms with Crippen LogP contribution in [0.2, 0.25) is 10.0 Å². The Kier molecular flexibility index (Phi) is 3.97. The van der Waals surface area contributed by atoms with Crippen molar-refractivity contribution < 1.29 is 4.92 Å². The fourth-order valence-electron chi connectivity index (χ4n) is 4.00. The maximum Gasteiger partial charge on any atom is 0.288 e. The second-order valence-corrected chi connectivity index (χ2v) is 7.41. The van der Waals surface area contributed by atoms with Crippen LogP contribution in [-0.4, -0.2) is 4.92 Å². The lowest BCUT2D eigenvalue weighted by Crippen LogP contribution is -2.29. The Bertz CT molecular complexity index is 911.